The number of aliphatic imine (C=N–C) groups is 2. The maximum Gasteiger partial charge on any atom is 0.128 e. The molecule has 10 aromatic carbocycles. The molecule has 0 aliphatic rings. The number of hydrogen-bond acceptors (Lipinski definition) is 10. The minimum Gasteiger partial charge on any atom is -0.507 e. The van der Waals surface area contributed by atoms with Crippen molar-refractivity contribution < 1.29 is 31.3 Å². The summed E-state index contributed by atoms with van der Waals surface area (Å²) in [7, 11) is 0. The molecule has 6 nitrogen and oxygen atoms in total. The zero-order valence-corrected chi connectivity index (χ0v) is 65.6. The van der Waals surface area contributed by atoms with E-state index >= 15 is 0 Å². The van der Waals surface area contributed by atoms with Crippen molar-refractivity contribution in [3.63, 3.8) is 0 Å². The van der Waals surface area contributed by atoms with E-state index < -0.39 is 0 Å². The molecule has 2 N–H and O–H groups in total. The summed E-state index contributed by atoms with van der Waals surface area (Å²) in [6.45, 7) is 39.7. The maximum atomic E-state index is 11.4. The van der Waals surface area contributed by atoms with Crippen LogP contribution in [0, 0.1) is 6.07 Å². The van der Waals surface area contributed by atoms with Gasteiger partial charge in [0.2, 0.25) is 0 Å². The third-order valence-electron chi connectivity index (χ3n) is 18.6. The van der Waals surface area contributed by atoms with Gasteiger partial charge in [0.05, 0.1) is 21.6 Å². The second kappa shape index (κ2) is 26.5. The SMILES string of the molecule is CC(C)(C)c1cc(C=Nc2ccccc2-c2nc3c(-c4[c-]ccc5c4sc4ccccc45)cc(C(C)(C)C)cc3s2)c(O)c(C(C)(C)C)c1.CC(C)(C)c1cc(C=Nc2ccccc2-c2nc3c(-c4cccc5c4sc4ccccc45)cc(C(C)(C)C)cc3s2)c(O)c(C(C)(C)C)c1.[Pt]. The number of benzene rings is 10. The van der Waals surface area contributed by atoms with Crippen molar-refractivity contribution in [3.8, 4) is 54.9 Å². The standard InChI is InChI=1S/C44H44N2OS2.C44H43N2OS2.Pt/c2*1-42(2,3)27-21-26(39(47)34(23-27)44(7,8)9)25-45-35-19-12-10-16-32(35)41-46-38-33(22-28(43(4,5)6)24-37(38)49-41)31-18-14-17-30-29-15-11-13-20-36(29)48-40(30)31;/h10-25,47H,1-9H3;10-17,19-25,47H,1-9H3;/q;-1;. The van der Waals surface area contributed by atoms with Crippen LogP contribution in [0.5, 0.6) is 11.5 Å². The zero-order valence-electron chi connectivity index (χ0n) is 60.0. The molecular weight excluding hydrogens is 1470 g/mol. The van der Waals surface area contributed by atoms with Gasteiger partial charge in [-0.15, -0.1) is 57.8 Å². The first-order chi connectivity index (χ1) is 46.2. The van der Waals surface area contributed by atoms with Gasteiger partial charge in [-0.2, -0.15) is 11.3 Å². The van der Waals surface area contributed by atoms with Crippen molar-refractivity contribution in [2.75, 3.05) is 0 Å². The summed E-state index contributed by atoms with van der Waals surface area (Å²) in [6.07, 6.45) is 3.63. The van der Waals surface area contributed by atoms with Crippen LogP contribution in [0.25, 0.3) is 104 Å². The maximum absolute atomic E-state index is 11.4. The number of fused-ring (bicyclic) bond motifs is 8. The molecule has 0 bridgehead atoms. The molecular formula is C88H87N4O2PtS4-. The summed E-state index contributed by atoms with van der Waals surface area (Å²) in [4.78, 5) is 20.7. The number of phenols is 2. The summed E-state index contributed by atoms with van der Waals surface area (Å²) < 4.78 is 7.42. The number of thiophene rings is 2. The predicted molar refractivity (Wildman–Crippen MR) is 429 cm³/mol. The average molecular weight is 1560 g/mol. The topological polar surface area (TPSA) is 91.0 Å². The second-order valence-corrected chi connectivity index (χ2v) is 36.4. The Morgan fingerprint density at radius 2 is 0.737 bits per heavy atom. The van der Waals surface area contributed by atoms with Crippen molar-refractivity contribution in [2.24, 2.45) is 9.98 Å². The summed E-state index contributed by atoms with van der Waals surface area (Å²) in [6, 6.07) is 66.0. The molecule has 0 atom stereocenters. The van der Waals surface area contributed by atoms with Crippen LogP contribution in [0.15, 0.2) is 186 Å². The molecule has 99 heavy (non-hydrogen) atoms. The molecule has 14 rings (SSSR count). The molecule has 0 saturated carbocycles. The van der Waals surface area contributed by atoms with E-state index in [0.29, 0.717) is 0 Å². The van der Waals surface area contributed by atoms with E-state index in [9.17, 15) is 10.2 Å². The van der Waals surface area contributed by atoms with Crippen LogP contribution in [0.1, 0.15) is 169 Å². The minimum absolute atomic E-state index is 0. The number of aromatic nitrogens is 2. The van der Waals surface area contributed by atoms with E-state index in [1.54, 1.807) is 22.7 Å². The Hall–Kier alpha value is -7.95. The van der Waals surface area contributed by atoms with Gasteiger partial charge in [-0.3, -0.25) is 9.98 Å². The first kappa shape index (κ1) is 70.9. The van der Waals surface area contributed by atoms with Gasteiger partial charge in [0.25, 0.3) is 0 Å². The third kappa shape index (κ3) is 14.2. The summed E-state index contributed by atoms with van der Waals surface area (Å²) in [5, 5.41) is 29.8. The first-order valence-electron chi connectivity index (χ1n) is 33.8. The molecule has 4 heterocycles. The zero-order chi connectivity index (χ0) is 69.8. The van der Waals surface area contributed by atoms with Crippen LogP contribution in [0.3, 0.4) is 0 Å². The second-order valence-electron chi connectivity index (χ2n) is 32.2. The van der Waals surface area contributed by atoms with Gasteiger partial charge in [0, 0.05) is 113 Å². The minimum atomic E-state index is -0.214. The van der Waals surface area contributed by atoms with Gasteiger partial charge < -0.3 is 10.2 Å². The van der Waals surface area contributed by atoms with Gasteiger partial charge in [-0.25, -0.2) is 9.97 Å². The van der Waals surface area contributed by atoms with Crippen LogP contribution in [-0.4, -0.2) is 32.6 Å². The van der Waals surface area contributed by atoms with Crippen LogP contribution in [0.4, 0.5) is 11.4 Å². The van der Waals surface area contributed by atoms with Gasteiger partial charge in [-0.1, -0.05) is 233 Å². The van der Waals surface area contributed by atoms with E-state index in [-0.39, 0.29) is 65.1 Å². The molecule has 0 fully saturated rings. The number of phenolic OH excluding ortho intramolecular Hbond substituents is 2. The number of para-hydroxylation sites is 2. The molecule has 0 saturated heterocycles. The van der Waals surface area contributed by atoms with Crippen LogP contribution < -0.4 is 0 Å². The Balaban J connectivity index is 0.000000186. The summed E-state index contributed by atoms with van der Waals surface area (Å²) in [5.74, 6) is 0.573. The third-order valence-corrected chi connectivity index (χ3v) is 23.1. The molecule has 506 valence electrons. The van der Waals surface area contributed by atoms with E-state index in [1.807, 2.05) is 65.4 Å². The van der Waals surface area contributed by atoms with E-state index in [0.717, 1.165) is 81.6 Å². The fourth-order valence-corrected chi connectivity index (χ4v) is 17.3. The average Bonchev–Trinajstić information content (AvgIpc) is 1.60. The Bertz CT molecular complexity index is 5160. The quantitative estimate of drug-likeness (QED) is 0.117. The van der Waals surface area contributed by atoms with Crippen molar-refractivity contribution in [1.29, 1.82) is 0 Å². The molecule has 0 unspecified atom stereocenters. The van der Waals surface area contributed by atoms with Gasteiger partial charge in [0.1, 0.15) is 21.5 Å². The molecule has 0 aliphatic carbocycles. The Kier molecular flexibility index (Phi) is 19.0. The molecule has 11 heteroatoms. The van der Waals surface area contributed by atoms with Crippen molar-refractivity contribution in [1.82, 2.24) is 9.97 Å². The van der Waals surface area contributed by atoms with Crippen LogP contribution in [-0.2, 0) is 53.6 Å². The number of rotatable bonds is 8. The van der Waals surface area contributed by atoms with Crippen LogP contribution in [0.2, 0.25) is 0 Å². The normalized spacial score (nSPS) is 12.9. The van der Waals surface area contributed by atoms with Crippen molar-refractivity contribution in [2.45, 2.75) is 157 Å². The van der Waals surface area contributed by atoms with Gasteiger partial charge in [-0.05, 0) is 132 Å². The van der Waals surface area contributed by atoms with E-state index in [4.69, 9.17) is 20.0 Å². The molecule has 0 aliphatic heterocycles. The number of hydrogen-bond donors (Lipinski definition) is 2. The van der Waals surface area contributed by atoms with Gasteiger partial charge >= 0.3 is 0 Å². The molecule has 14 aromatic rings. The summed E-state index contributed by atoms with van der Waals surface area (Å²) >= 11 is 7.11. The predicted octanol–water partition coefficient (Wildman–Crippen LogP) is 26.5. The molecule has 0 spiro atoms. The largest absolute Gasteiger partial charge is 0.507 e. The fourth-order valence-electron chi connectivity index (χ4n) is 12.7. The van der Waals surface area contributed by atoms with E-state index in [1.165, 1.54) is 78.4 Å². The number of thiazole rings is 2. The fraction of sp³-hybridized carbons (Fsp3) is 0.273. The van der Waals surface area contributed by atoms with Gasteiger partial charge in [0.15, 0.2) is 0 Å². The Morgan fingerprint density at radius 3 is 1.20 bits per heavy atom. The molecule has 0 radical (unpaired) electrons. The number of aromatic hydroxyl groups is 2. The molecule has 0 amide bonds. The van der Waals surface area contributed by atoms with Crippen molar-refractivity contribution in [3.05, 3.63) is 226 Å². The number of nitrogens with zero attached hydrogens (tertiary/aromatic N) is 4. The summed E-state index contributed by atoms with van der Waals surface area (Å²) in [5.41, 5.74) is 17.8. The van der Waals surface area contributed by atoms with Crippen LogP contribution >= 0.6 is 45.3 Å². The smallest absolute Gasteiger partial charge is 0.128 e. The first-order valence-corrected chi connectivity index (χ1v) is 37.1. The molecule has 4 aromatic heterocycles. The Morgan fingerprint density at radius 1 is 0.354 bits per heavy atom. The van der Waals surface area contributed by atoms with E-state index in [2.05, 4.69) is 276 Å². The Labute approximate surface area is 614 Å². The monoisotopic (exact) mass is 1550 g/mol. The van der Waals surface area contributed by atoms with Crippen molar-refractivity contribution >= 4 is 130 Å².